The summed E-state index contributed by atoms with van der Waals surface area (Å²) >= 11 is 0. The maximum Gasteiger partial charge on any atom is 0.422 e. The molecular weight excluding hydrogens is 235 g/mol. The molecule has 0 radical (unpaired) electrons. The molecule has 0 aliphatic heterocycles. The molecule has 0 saturated carbocycles. The summed E-state index contributed by atoms with van der Waals surface area (Å²) in [4.78, 5) is 0. The molecule has 0 fully saturated rings. The number of hydrogen-bond acceptors (Lipinski definition) is 3. The summed E-state index contributed by atoms with van der Waals surface area (Å²) in [7, 11) is 1.43. The largest absolute Gasteiger partial charge is 0.497 e. The molecule has 1 atom stereocenters. The average Bonchev–Trinajstić information content (AvgIpc) is 2.24. The quantitative estimate of drug-likeness (QED) is 0.892. The Balaban J connectivity index is 2.93. The Morgan fingerprint density at radius 3 is 2.47 bits per heavy atom. The lowest BCUT2D eigenvalue weighted by Gasteiger charge is -2.16. The number of methoxy groups -OCH3 is 1. The van der Waals surface area contributed by atoms with Gasteiger partial charge in [-0.1, -0.05) is 6.07 Å². The zero-order valence-electron chi connectivity index (χ0n) is 9.54. The molecule has 6 heteroatoms. The SMILES string of the molecule is COc1ccc([C@H](C)N)c(OCC(F)(F)F)c1. The van der Waals surface area contributed by atoms with E-state index in [1.165, 1.54) is 13.2 Å². The van der Waals surface area contributed by atoms with Crippen LogP contribution in [0.3, 0.4) is 0 Å². The predicted octanol–water partition coefficient (Wildman–Crippen LogP) is 2.66. The number of ether oxygens (including phenoxy) is 2. The molecule has 1 aromatic rings. The second-order valence-electron chi connectivity index (χ2n) is 3.60. The summed E-state index contributed by atoms with van der Waals surface area (Å²) in [5.74, 6) is 0.517. The third-order valence-electron chi connectivity index (χ3n) is 2.10. The molecule has 0 unspecified atom stereocenters. The van der Waals surface area contributed by atoms with Gasteiger partial charge in [-0.15, -0.1) is 0 Å². The van der Waals surface area contributed by atoms with E-state index in [1.54, 1.807) is 19.1 Å². The fourth-order valence-corrected chi connectivity index (χ4v) is 1.30. The normalized spacial score (nSPS) is 13.3. The molecule has 1 rings (SSSR count). The average molecular weight is 249 g/mol. The van der Waals surface area contributed by atoms with Crippen molar-refractivity contribution in [3.8, 4) is 11.5 Å². The van der Waals surface area contributed by atoms with E-state index in [9.17, 15) is 13.2 Å². The van der Waals surface area contributed by atoms with Crippen LogP contribution in [0.15, 0.2) is 18.2 Å². The highest BCUT2D eigenvalue weighted by Gasteiger charge is 2.29. The minimum Gasteiger partial charge on any atom is -0.497 e. The lowest BCUT2D eigenvalue weighted by Crippen LogP contribution is -2.20. The summed E-state index contributed by atoms with van der Waals surface area (Å²) < 4.78 is 45.8. The van der Waals surface area contributed by atoms with Crippen LogP contribution in [-0.2, 0) is 0 Å². The molecular formula is C11H14F3NO2. The Morgan fingerprint density at radius 1 is 1.35 bits per heavy atom. The van der Waals surface area contributed by atoms with E-state index in [4.69, 9.17) is 15.2 Å². The highest BCUT2D eigenvalue weighted by atomic mass is 19.4. The lowest BCUT2D eigenvalue weighted by molar-refractivity contribution is -0.153. The first-order valence-corrected chi connectivity index (χ1v) is 4.96. The summed E-state index contributed by atoms with van der Waals surface area (Å²) in [6, 6.07) is 4.20. The molecule has 0 bridgehead atoms. The summed E-state index contributed by atoms with van der Waals surface area (Å²) in [5.41, 5.74) is 6.15. The maximum absolute atomic E-state index is 12.1. The zero-order valence-corrected chi connectivity index (χ0v) is 9.54. The van der Waals surface area contributed by atoms with Gasteiger partial charge in [0.2, 0.25) is 0 Å². The Bertz CT molecular complexity index is 377. The Kier molecular flexibility index (Phi) is 4.22. The van der Waals surface area contributed by atoms with Crippen LogP contribution in [0.5, 0.6) is 11.5 Å². The fraction of sp³-hybridized carbons (Fsp3) is 0.455. The Morgan fingerprint density at radius 2 is 2.00 bits per heavy atom. The Labute approximate surface area is 97.3 Å². The fourth-order valence-electron chi connectivity index (χ4n) is 1.30. The van der Waals surface area contributed by atoms with E-state index in [-0.39, 0.29) is 5.75 Å². The van der Waals surface area contributed by atoms with Crippen molar-refractivity contribution in [2.75, 3.05) is 13.7 Å². The smallest absolute Gasteiger partial charge is 0.422 e. The highest BCUT2D eigenvalue weighted by Crippen LogP contribution is 2.29. The number of alkyl halides is 3. The molecule has 0 aliphatic rings. The molecule has 0 amide bonds. The van der Waals surface area contributed by atoms with E-state index >= 15 is 0 Å². The summed E-state index contributed by atoms with van der Waals surface area (Å²) in [5, 5.41) is 0. The molecule has 0 spiro atoms. The van der Waals surface area contributed by atoms with E-state index in [0.717, 1.165) is 0 Å². The van der Waals surface area contributed by atoms with Crippen LogP contribution in [0, 0.1) is 0 Å². The van der Waals surface area contributed by atoms with Gasteiger partial charge in [0.15, 0.2) is 6.61 Å². The topological polar surface area (TPSA) is 44.5 Å². The van der Waals surface area contributed by atoms with Gasteiger partial charge in [0.25, 0.3) is 0 Å². The van der Waals surface area contributed by atoms with Gasteiger partial charge >= 0.3 is 6.18 Å². The van der Waals surface area contributed by atoms with Gasteiger partial charge in [0.1, 0.15) is 11.5 Å². The first kappa shape index (κ1) is 13.6. The van der Waals surface area contributed by atoms with Crippen LogP contribution >= 0.6 is 0 Å². The van der Waals surface area contributed by atoms with Crippen molar-refractivity contribution in [3.05, 3.63) is 23.8 Å². The summed E-state index contributed by atoms with van der Waals surface area (Å²) in [6.45, 7) is 0.322. The van der Waals surface area contributed by atoms with Crippen molar-refractivity contribution >= 4 is 0 Å². The lowest BCUT2D eigenvalue weighted by atomic mass is 10.1. The van der Waals surface area contributed by atoms with Crippen molar-refractivity contribution < 1.29 is 22.6 Å². The van der Waals surface area contributed by atoms with Gasteiger partial charge in [-0.25, -0.2) is 0 Å². The van der Waals surface area contributed by atoms with E-state index < -0.39 is 18.8 Å². The number of halogens is 3. The Hall–Kier alpha value is -1.43. The van der Waals surface area contributed by atoms with Gasteiger partial charge in [-0.05, 0) is 13.0 Å². The van der Waals surface area contributed by atoms with Crippen molar-refractivity contribution in [2.45, 2.75) is 19.1 Å². The highest BCUT2D eigenvalue weighted by molar-refractivity contribution is 5.42. The van der Waals surface area contributed by atoms with E-state index in [2.05, 4.69) is 0 Å². The minimum atomic E-state index is -4.38. The number of nitrogens with two attached hydrogens (primary N) is 1. The third-order valence-corrected chi connectivity index (χ3v) is 2.10. The predicted molar refractivity (Wildman–Crippen MR) is 57.1 cm³/mol. The van der Waals surface area contributed by atoms with Crippen LogP contribution in [0.2, 0.25) is 0 Å². The molecule has 0 saturated heterocycles. The molecule has 0 heterocycles. The van der Waals surface area contributed by atoms with Gasteiger partial charge in [0.05, 0.1) is 7.11 Å². The van der Waals surface area contributed by atoms with Crippen LogP contribution in [0.4, 0.5) is 13.2 Å². The molecule has 17 heavy (non-hydrogen) atoms. The van der Waals surface area contributed by atoms with Gasteiger partial charge in [0, 0.05) is 17.7 Å². The van der Waals surface area contributed by atoms with E-state index in [1.807, 2.05) is 0 Å². The van der Waals surface area contributed by atoms with Crippen molar-refractivity contribution in [1.82, 2.24) is 0 Å². The van der Waals surface area contributed by atoms with Gasteiger partial charge in [-0.2, -0.15) is 13.2 Å². The third kappa shape index (κ3) is 4.14. The van der Waals surface area contributed by atoms with Crippen molar-refractivity contribution in [3.63, 3.8) is 0 Å². The molecule has 3 nitrogen and oxygen atoms in total. The summed E-state index contributed by atoms with van der Waals surface area (Å²) in [6.07, 6.45) is -4.38. The van der Waals surface area contributed by atoms with Gasteiger partial charge < -0.3 is 15.2 Å². The number of rotatable bonds is 4. The number of hydrogen-bond donors (Lipinski definition) is 1. The second kappa shape index (κ2) is 5.27. The molecule has 0 aliphatic carbocycles. The zero-order chi connectivity index (χ0) is 13.1. The monoisotopic (exact) mass is 249 g/mol. The maximum atomic E-state index is 12.1. The van der Waals surface area contributed by atoms with Gasteiger partial charge in [-0.3, -0.25) is 0 Å². The minimum absolute atomic E-state index is 0.0941. The molecule has 0 aromatic heterocycles. The van der Waals surface area contributed by atoms with E-state index in [0.29, 0.717) is 11.3 Å². The van der Waals surface area contributed by atoms with Crippen LogP contribution in [-0.4, -0.2) is 19.9 Å². The molecule has 1 aromatic carbocycles. The standard InChI is InChI=1S/C11H14F3NO2/c1-7(15)9-4-3-8(16-2)5-10(9)17-6-11(12,13)14/h3-5,7H,6,15H2,1-2H3/t7-/m0/s1. The van der Waals surface area contributed by atoms with Crippen LogP contribution in [0.25, 0.3) is 0 Å². The van der Waals surface area contributed by atoms with Crippen LogP contribution in [0.1, 0.15) is 18.5 Å². The molecule has 96 valence electrons. The van der Waals surface area contributed by atoms with Crippen LogP contribution < -0.4 is 15.2 Å². The van der Waals surface area contributed by atoms with Crippen molar-refractivity contribution in [1.29, 1.82) is 0 Å². The van der Waals surface area contributed by atoms with Crippen molar-refractivity contribution in [2.24, 2.45) is 5.73 Å². The second-order valence-corrected chi connectivity index (χ2v) is 3.60. The first-order valence-electron chi connectivity index (χ1n) is 4.96. The number of benzene rings is 1. The first-order chi connectivity index (χ1) is 7.83. The molecule has 2 N–H and O–H groups in total.